The molecule has 0 radical (unpaired) electrons. The molecule has 140 valence electrons. The van der Waals surface area contributed by atoms with Crippen LogP contribution < -0.4 is 5.32 Å². The number of nitrogens with one attached hydrogen (secondary N) is 1. The van der Waals surface area contributed by atoms with Crippen LogP contribution in [0.2, 0.25) is 0 Å². The molecule has 4 aromatic rings. The number of carbonyl (C=O) groups excluding carboxylic acids is 1. The number of anilines is 1. The normalized spacial score (nSPS) is 11.9. The maximum Gasteiger partial charge on any atom is 0.226 e. The van der Waals surface area contributed by atoms with E-state index in [9.17, 15) is 4.79 Å². The Morgan fingerprint density at radius 3 is 2.54 bits per heavy atom. The molecule has 1 unspecified atom stereocenters. The Balaban J connectivity index is 1.49. The van der Waals surface area contributed by atoms with Gasteiger partial charge < -0.3 is 14.4 Å². The van der Waals surface area contributed by atoms with Crippen LogP contribution in [0, 0.1) is 6.92 Å². The van der Waals surface area contributed by atoms with Crippen molar-refractivity contribution in [2.24, 2.45) is 0 Å². The lowest BCUT2D eigenvalue weighted by atomic mass is 10.0. The molecule has 5 nitrogen and oxygen atoms in total. The zero-order chi connectivity index (χ0) is 19.3. The van der Waals surface area contributed by atoms with E-state index in [0.717, 1.165) is 16.8 Å². The Morgan fingerprint density at radius 1 is 1.07 bits per heavy atom. The van der Waals surface area contributed by atoms with Crippen molar-refractivity contribution in [1.29, 1.82) is 0 Å². The fraction of sp³-hybridized carbons (Fsp3) is 0.130. The molecule has 1 amide bonds. The van der Waals surface area contributed by atoms with Crippen molar-refractivity contribution >= 4 is 11.6 Å². The van der Waals surface area contributed by atoms with Gasteiger partial charge in [-0.05, 0) is 48.9 Å². The van der Waals surface area contributed by atoms with Crippen molar-refractivity contribution in [1.82, 2.24) is 9.72 Å². The average molecular weight is 371 g/mol. The van der Waals surface area contributed by atoms with Crippen molar-refractivity contribution in [3.8, 4) is 11.3 Å². The van der Waals surface area contributed by atoms with Gasteiger partial charge in [-0.15, -0.1) is 0 Å². The second-order valence-corrected chi connectivity index (χ2v) is 6.77. The highest BCUT2D eigenvalue weighted by atomic mass is 16.5. The highest BCUT2D eigenvalue weighted by molar-refractivity contribution is 5.91. The molecule has 0 spiro atoms. The van der Waals surface area contributed by atoms with Crippen LogP contribution in [0.5, 0.6) is 0 Å². The van der Waals surface area contributed by atoms with Crippen molar-refractivity contribution in [2.75, 3.05) is 5.32 Å². The van der Waals surface area contributed by atoms with Crippen LogP contribution in [-0.4, -0.2) is 15.6 Å². The van der Waals surface area contributed by atoms with E-state index in [1.807, 2.05) is 54.9 Å². The highest BCUT2D eigenvalue weighted by Gasteiger charge is 2.17. The Morgan fingerprint density at radius 2 is 1.86 bits per heavy atom. The Bertz CT molecular complexity index is 1040. The third-order valence-corrected chi connectivity index (χ3v) is 4.68. The molecular formula is C23H21N3O2. The maximum atomic E-state index is 12.7. The van der Waals surface area contributed by atoms with Crippen molar-refractivity contribution in [3.63, 3.8) is 0 Å². The summed E-state index contributed by atoms with van der Waals surface area (Å²) in [6, 6.07) is 21.5. The number of hydrogen-bond acceptors (Lipinski definition) is 3. The van der Waals surface area contributed by atoms with Crippen LogP contribution in [0.3, 0.4) is 0 Å². The summed E-state index contributed by atoms with van der Waals surface area (Å²) in [7, 11) is 0. The topological polar surface area (TPSA) is 60.1 Å². The van der Waals surface area contributed by atoms with Crippen LogP contribution in [0.1, 0.15) is 23.6 Å². The van der Waals surface area contributed by atoms with E-state index in [4.69, 9.17) is 4.52 Å². The molecule has 4 rings (SSSR count). The number of hydrogen-bond donors (Lipinski definition) is 1. The molecule has 0 saturated carbocycles. The summed E-state index contributed by atoms with van der Waals surface area (Å²) in [6.45, 7) is 2.06. The molecule has 28 heavy (non-hydrogen) atoms. The molecule has 0 aliphatic carbocycles. The number of rotatable bonds is 6. The summed E-state index contributed by atoms with van der Waals surface area (Å²) in [6.07, 6.45) is 5.94. The van der Waals surface area contributed by atoms with Gasteiger partial charge >= 0.3 is 0 Å². The van der Waals surface area contributed by atoms with E-state index in [2.05, 4.69) is 40.2 Å². The maximum absolute atomic E-state index is 12.7. The molecule has 0 fully saturated rings. The number of aromatic nitrogens is 2. The van der Waals surface area contributed by atoms with Gasteiger partial charge in [-0.1, -0.05) is 35.0 Å². The van der Waals surface area contributed by atoms with Gasteiger partial charge in [-0.2, -0.15) is 0 Å². The number of amides is 1. The molecule has 0 aliphatic heterocycles. The summed E-state index contributed by atoms with van der Waals surface area (Å²) in [5, 5.41) is 6.71. The van der Waals surface area contributed by atoms with Gasteiger partial charge in [0.2, 0.25) is 5.91 Å². The van der Waals surface area contributed by atoms with E-state index < -0.39 is 0 Å². The summed E-state index contributed by atoms with van der Waals surface area (Å²) < 4.78 is 7.22. The van der Waals surface area contributed by atoms with Crippen LogP contribution in [0.4, 0.5) is 5.69 Å². The minimum absolute atomic E-state index is 0.0346. The van der Waals surface area contributed by atoms with Gasteiger partial charge in [0.25, 0.3) is 0 Å². The van der Waals surface area contributed by atoms with Crippen LogP contribution in [0.25, 0.3) is 11.3 Å². The van der Waals surface area contributed by atoms with E-state index in [1.165, 1.54) is 5.56 Å². The number of carbonyl (C=O) groups is 1. The van der Waals surface area contributed by atoms with Gasteiger partial charge in [-0.25, -0.2) is 0 Å². The van der Waals surface area contributed by atoms with E-state index in [1.54, 1.807) is 12.3 Å². The van der Waals surface area contributed by atoms with Crippen molar-refractivity contribution < 1.29 is 9.32 Å². The second kappa shape index (κ2) is 7.96. The summed E-state index contributed by atoms with van der Waals surface area (Å²) in [5.41, 5.74) is 3.97. The molecule has 0 saturated heterocycles. The summed E-state index contributed by atoms with van der Waals surface area (Å²) in [5.74, 6) is 0.664. The first-order chi connectivity index (χ1) is 13.7. The molecule has 2 aromatic heterocycles. The third kappa shape index (κ3) is 4.04. The monoisotopic (exact) mass is 371 g/mol. The van der Waals surface area contributed by atoms with Crippen LogP contribution in [0.15, 0.2) is 89.8 Å². The van der Waals surface area contributed by atoms with Crippen LogP contribution >= 0.6 is 0 Å². The lowest BCUT2D eigenvalue weighted by Gasteiger charge is -2.20. The molecule has 5 heteroatoms. The molecular weight excluding hydrogens is 350 g/mol. The molecule has 2 heterocycles. The van der Waals surface area contributed by atoms with Crippen molar-refractivity contribution in [3.05, 3.63) is 96.4 Å². The third-order valence-electron chi connectivity index (χ3n) is 4.68. The van der Waals surface area contributed by atoms with Crippen molar-refractivity contribution in [2.45, 2.75) is 19.4 Å². The molecule has 1 N–H and O–H groups in total. The predicted molar refractivity (Wildman–Crippen MR) is 109 cm³/mol. The molecule has 1 atom stereocenters. The Kier molecular flexibility index (Phi) is 5.06. The summed E-state index contributed by atoms with van der Waals surface area (Å²) >= 11 is 0. The summed E-state index contributed by atoms with van der Waals surface area (Å²) in [4.78, 5) is 12.7. The number of aryl methyl sites for hydroxylation is 1. The standard InChI is InChI=1S/C23H21N3O2/c1-17-5-4-6-19(15-17)21(26-13-2-3-14-26)16-23(27)25-20-9-7-18(8-10-20)22-11-12-24-28-22/h2-15,21H,16H2,1H3,(H,25,27). The van der Waals surface area contributed by atoms with Gasteiger partial charge in [0.05, 0.1) is 18.7 Å². The largest absolute Gasteiger partial charge is 0.356 e. The first kappa shape index (κ1) is 17.8. The van der Waals surface area contributed by atoms with Gasteiger partial charge in [0.15, 0.2) is 5.76 Å². The Labute approximate surface area is 163 Å². The highest BCUT2D eigenvalue weighted by Crippen LogP contribution is 2.25. The molecule has 0 bridgehead atoms. The number of nitrogens with zero attached hydrogens (tertiary/aromatic N) is 2. The first-order valence-electron chi connectivity index (χ1n) is 9.19. The predicted octanol–water partition coefficient (Wildman–Crippen LogP) is 5.07. The minimum Gasteiger partial charge on any atom is -0.356 e. The smallest absolute Gasteiger partial charge is 0.226 e. The van der Waals surface area contributed by atoms with E-state index in [-0.39, 0.29) is 11.9 Å². The zero-order valence-electron chi connectivity index (χ0n) is 15.6. The van der Waals surface area contributed by atoms with Gasteiger partial charge in [0, 0.05) is 29.7 Å². The zero-order valence-corrected chi connectivity index (χ0v) is 15.6. The first-order valence-corrected chi connectivity index (χ1v) is 9.19. The van der Waals surface area contributed by atoms with Crippen LogP contribution in [-0.2, 0) is 4.79 Å². The fourth-order valence-electron chi connectivity index (χ4n) is 3.30. The average Bonchev–Trinajstić information content (AvgIpc) is 3.41. The quantitative estimate of drug-likeness (QED) is 0.515. The molecule has 2 aromatic carbocycles. The van der Waals surface area contributed by atoms with E-state index in [0.29, 0.717) is 12.2 Å². The fourth-order valence-corrected chi connectivity index (χ4v) is 3.30. The molecule has 0 aliphatic rings. The van der Waals surface area contributed by atoms with Gasteiger partial charge in [0.1, 0.15) is 0 Å². The number of benzene rings is 2. The second-order valence-electron chi connectivity index (χ2n) is 6.77. The lowest BCUT2D eigenvalue weighted by Crippen LogP contribution is -2.19. The lowest BCUT2D eigenvalue weighted by molar-refractivity contribution is -0.116. The van der Waals surface area contributed by atoms with E-state index >= 15 is 0 Å². The minimum atomic E-state index is -0.0524. The van der Waals surface area contributed by atoms with Gasteiger partial charge in [-0.3, -0.25) is 4.79 Å². The Hall–Kier alpha value is -3.60. The SMILES string of the molecule is Cc1cccc(C(CC(=O)Nc2ccc(-c3ccno3)cc2)n2cccc2)c1.